The second-order valence-corrected chi connectivity index (χ2v) is 3.25. The molecule has 1 rings (SSSR count). The molecule has 0 N–H and O–H groups in total. The van der Waals surface area contributed by atoms with Gasteiger partial charge in [0.2, 0.25) is 0 Å². The summed E-state index contributed by atoms with van der Waals surface area (Å²) in [4.78, 5) is 12.0. The molecular weight excluding hydrogens is 184 g/mol. The fourth-order valence-electron chi connectivity index (χ4n) is 1.20. The van der Waals surface area contributed by atoms with E-state index in [0.29, 0.717) is 13.3 Å². The van der Waals surface area contributed by atoms with Crippen molar-refractivity contribution < 1.29 is 22.1 Å². The van der Waals surface area contributed by atoms with E-state index in [1.54, 1.807) is 18.9 Å². The van der Waals surface area contributed by atoms with E-state index in [4.69, 9.17) is 4.74 Å². The summed E-state index contributed by atoms with van der Waals surface area (Å²) in [5.41, 5.74) is -0.924. The fourth-order valence-corrected chi connectivity index (χ4v) is 1.20. The molecule has 1 aliphatic rings. The van der Waals surface area contributed by atoms with Gasteiger partial charge in [-0.25, -0.2) is 0 Å². The average Bonchev–Trinajstić information content (AvgIpc) is 1.86. The maximum absolute atomic E-state index is 10.5. The Hall–Kier alpha value is -0.390. The van der Waals surface area contributed by atoms with Gasteiger partial charge in [0.1, 0.15) is 6.61 Å². The van der Waals surface area contributed by atoms with Gasteiger partial charge < -0.3 is 17.1 Å². The van der Waals surface area contributed by atoms with Gasteiger partial charge in [0.25, 0.3) is 5.54 Å². The number of halogens is 1. The molecule has 1 fully saturated rings. The third-order valence-corrected chi connectivity index (χ3v) is 1.78. The van der Waals surface area contributed by atoms with Crippen molar-refractivity contribution in [2.75, 3.05) is 26.9 Å². The van der Waals surface area contributed by atoms with Gasteiger partial charge in [-0.05, 0) is 7.05 Å². The van der Waals surface area contributed by atoms with Crippen molar-refractivity contribution in [2.24, 2.45) is 0 Å². The van der Waals surface area contributed by atoms with Crippen LogP contribution in [-0.2, 0) is 4.74 Å². The Bertz CT molecular complexity index is 178. The second kappa shape index (κ2) is 4.02. The minimum atomic E-state index is -0.924. The van der Waals surface area contributed by atoms with Crippen LogP contribution in [0.4, 0.5) is 0 Å². The van der Waals surface area contributed by atoms with E-state index in [1.165, 1.54) is 0 Å². The molecule has 1 atom stereocenters. The van der Waals surface area contributed by atoms with Crippen LogP contribution in [0.2, 0.25) is 0 Å². The van der Waals surface area contributed by atoms with Crippen LogP contribution >= 0.6 is 0 Å². The highest BCUT2D eigenvalue weighted by atomic mass is 35.5. The maximum atomic E-state index is 10.5. The van der Waals surface area contributed by atoms with E-state index in [1.807, 2.05) is 0 Å². The third-order valence-electron chi connectivity index (χ3n) is 1.78. The zero-order chi connectivity index (χ0) is 8.48. The van der Waals surface area contributed by atoms with E-state index in [0.717, 1.165) is 0 Å². The van der Waals surface area contributed by atoms with Crippen LogP contribution in [0.5, 0.6) is 0 Å². The topological polar surface area (TPSA) is 55.6 Å². The smallest absolute Gasteiger partial charge is 0.254 e. The van der Waals surface area contributed by atoms with Crippen molar-refractivity contribution in [1.29, 1.82) is 0 Å². The quantitative estimate of drug-likeness (QED) is 0.330. The molecule has 1 aliphatic heterocycles. The molecule has 0 aromatic carbocycles. The minimum absolute atomic E-state index is 0. The van der Waals surface area contributed by atoms with Gasteiger partial charge >= 0.3 is 0 Å². The maximum Gasteiger partial charge on any atom is 0.254 e. The molecule has 1 saturated heterocycles. The minimum Gasteiger partial charge on any atom is -1.00 e. The summed E-state index contributed by atoms with van der Waals surface area (Å²) >= 11 is 0. The van der Waals surface area contributed by atoms with Crippen molar-refractivity contribution in [2.45, 2.75) is 12.5 Å². The van der Waals surface area contributed by atoms with Crippen LogP contribution in [-0.4, -0.2) is 42.3 Å². The molecule has 0 radical (unpaired) electrons. The highest BCUT2D eigenvalue weighted by molar-refractivity contribution is 4.79. The molecule has 0 aliphatic carbocycles. The van der Waals surface area contributed by atoms with Crippen molar-refractivity contribution in [3.8, 4) is 0 Å². The van der Waals surface area contributed by atoms with Gasteiger partial charge in [0, 0.05) is 11.8 Å². The number of likely N-dealkylation sites (N-methyl/N-ethyl adjacent to an activating group) is 1. The number of ether oxygens (including phenoxy) is 1. The van der Waals surface area contributed by atoms with Crippen LogP contribution in [0, 0.1) is 10.1 Å². The summed E-state index contributed by atoms with van der Waals surface area (Å²) in [7, 11) is 1.81. The number of rotatable bonds is 1. The van der Waals surface area contributed by atoms with Crippen LogP contribution in [0.25, 0.3) is 0 Å². The summed E-state index contributed by atoms with van der Waals surface area (Å²) in [5, 5.41) is 10.5. The Balaban J connectivity index is 0.00000121. The molecule has 5 nitrogen and oxygen atoms in total. The van der Waals surface area contributed by atoms with E-state index in [9.17, 15) is 10.1 Å². The first-order valence-electron chi connectivity index (χ1n) is 3.45. The van der Waals surface area contributed by atoms with Crippen LogP contribution < -0.4 is 12.4 Å². The van der Waals surface area contributed by atoms with Gasteiger partial charge in [-0.3, -0.25) is 15.0 Å². The molecule has 1 heterocycles. The normalized spacial score (nSPS) is 30.8. The zero-order valence-electron chi connectivity index (χ0n) is 7.12. The van der Waals surface area contributed by atoms with Gasteiger partial charge in [-0.2, -0.15) is 0 Å². The summed E-state index contributed by atoms with van der Waals surface area (Å²) in [5.74, 6) is 0. The highest BCUT2D eigenvalue weighted by Crippen LogP contribution is 2.15. The molecule has 0 spiro atoms. The van der Waals surface area contributed by atoms with Crippen LogP contribution in [0.3, 0.4) is 0 Å². The zero-order valence-corrected chi connectivity index (χ0v) is 7.87. The number of nitro groups is 1. The summed E-state index contributed by atoms with van der Waals surface area (Å²) in [6.07, 6.45) is 0. The number of hydrogen-bond donors (Lipinski definition) is 0. The molecular formula is C6H12ClN2O3-. The first-order valence-corrected chi connectivity index (χ1v) is 3.45. The molecule has 0 amide bonds. The third kappa shape index (κ3) is 2.30. The number of hydrogen-bond acceptors (Lipinski definition) is 4. The second-order valence-electron chi connectivity index (χ2n) is 3.25. The van der Waals surface area contributed by atoms with Crippen molar-refractivity contribution in [3.05, 3.63) is 10.1 Å². The lowest BCUT2D eigenvalue weighted by Gasteiger charge is -2.31. The van der Waals surface area contributed by atoms with Crippen LogP contribution in [0.1, 0.15) is 6.92 Å². The lowest BCUT2D eigenvalue weighted by Crippen LogP contribution is -3.00. The molecule has 12 heavy (non-hydrogen) atoms. The highest BCUT2D eigenvalue weighted by Gasteiger charge is 2.41. The lowest BCUT2D eigenvalue weighted by atomic mass is 10.0. The SMILES string of the molecule is CN1COCC(C)([N+](=O)[O-])C1.[Cl-]. The summed E-state index contributed by atoms with van der Waals surface area (Å²) in [6.45, 7) is 2.76. The largest absolute Gasteiger partial charge is 1.00 e. The van der Waals surface area contributed by atoms with E-state index in [2.05, 4.69) is 0 Å². The first kappa shape index (κ1) is 11.6. The Labute approximate surface area is 77.2 Å². The Morgan fingerprint density at radius 3 is 2.58 bits per heavy atom. The van der Waals surface area contributed by atoms with Crippen molar-refractivity contribution >= 4 is 0 Å². The Morgan fingerprint density at radius 1 is 1.67 bits per heavy atom. The molecule has 6 heteroatoms. The Kier molecular flexibility index (Phi) is 3.89. The predicted molar refractivity (Wildman–Crippen MR) is 38.8 cm³/mol. The standard InChI is InChI=1S/C6H12N2O3.ClH/c1-6(8(9)10)3-7(2)5-11-4-6;/h3-5H2,1-2H3;1H/p-1. The molecule has 0 aromatic heterocycles. The Morgan fingerprint density at radius 2 is 2.25 bits per heavy atom. The van der Waals surface area contributed by atoms with E-state index in [-0.39, 0.29) is 23.9 Å². The van der Waals surface area contributed by atoms with Gasteiger partial charge in [0.15, 0.2) is 0 Å². The monoisotopic (exact) mass is 195 g/mol. The fraction of sp³-hybridized carbons (Fsp3) is 1.00. The first-order chi connectivity index (χ1) is 5.04. The van der Waals surface area contributed by atoms with Gasteiger partial charge in [0.05, 0.1) is 13.3 Å². The summed E-state index contributed by atoms with van der Waals surface area (Å²) in [6, 6.07) is 0. The molecule has 1 unspecified atom stereocenters. The average molecular weight is 196 g/mol. The molecule has 0 saturated carbocycles. The lowest BCUT2D eigenvalue weighted by molar-refractivity contribution is -0.575. The van der Waals surface area contributed by atoms with E-state index < -0.39 is 5.54 Å². The van der Waals surface area contributed by atoms with Crippen LogP contribution in [0.15, 0.2) is 0 Å². The summed E-state index contributed by atoms with van der Waals surface area (Å²) < 4.78 is 5.04. The number of nitrogens with zero attached hydrogens (tertiary/aromatic N) is 2. The van der Waals surface area contributed by atoms with Crippen molar-refractivity contribution in [3.63, 3.8) is 0 Å². The van der Waals surface area contributed by atoms with E-state index >= 15 is 0 Å². The molecule has 0 bridgehead atoms. The molecule has 72 valence electrons. The van der Waals surface area contributed by atoms with Gasteiger partial charge in [-0.1, -0.05) is 0 Å². The predicted octanol–water partition coefficient (Wildman–Crippen LogP) is -3.05. The molecule has 0 aromatic rings. The van der Waals surface area contributed by atoms with Crippen molar-refractivity contribution in [1.82, 2.24) is 4.90 Å². The van der Waals surface area contributed by atoms with Gasteiger partial charge in [-0.15, -0.1) is 0 Å².